The molecule has 1 saturated carbocycles. The highest BCUT2D eigenvalue weighted by atomic mass is 16.5. The highest BCUT2D eigenvalue weighted by molar-refractivity contribution is 5.98. The van der Waals surface area contributed by atoms with Crippen LogP contribution in [-0.2, 0) is 19.1 Å². The van der Waals surface area contributed by atoms with Crippen molar-refractivity contribution in [2.24, 2.45) is 11.8 Å². The molecule has 0 bridgehead atoms. The number of rotatable bonds is 6. The van der Waals surface area contributed by atoms with Crippen LogP contribution in [0.2, 0.25) is 0 Å². The number of ether oxygens (including phenoxy) is 2. The maximum atomic E-state index is 12.5. The van der Waals surface area contributed by atoms with Crippen molar-refractivity contribution in [3.8, 4) is 5.75 Å². The number of carbonyl (C=O) groups excluding carboxylic acids is 3. The van der Waals surface area contributed by atoms with Gasteiger partial charge in [0.1, 0.15) is 5.75 Å². The molecule has 0 unspecified atom stereocenters. The molecule has 1 aliphatic carbocycles. The summed E-state index contributed by atoms with van der Waals surface area (Å²) in [6.45, 7) is 6.08. The molecular formula is C22H30N2O5. The van der Waals surface area contributed by atoms with Crippen molar-refractivity contribution in [1.82, 2.24) is 5.32 Å². The molecule has 0 aromatic heterocycles. The number of amides is 2. The van der Waals surface area contributed by atoms with Gasteiger partial charge < -0.3 is 19.7 Å². The number of hydrogen-bond donors (Lipinski definition) is 1. The third kappa shape index (κ3) is 5.08. The standard InChI is InChI=1S/C22H30N2O5/c1-14-7-6-8-17(15(14)2)23-22(27)16(3)29-21(26)11-12-24-18-9-4-5-10-19(18)28-13-20(24)25/h4-5,9-10,14-17H,6-8,11-13H2,1-3H3,(H,23,27)/t14-,15-,16-,17+/m1/s1. The van der Waals surface area contributed by atoms with Crippen LogP contribution in [0, 0.1) is 11.8 Å². The first-order valence-corrected chi connectivity index (χ1v) is 10.4. The maximum Gasteiger partial charge on any atom is 0.308 e. The van der Waals surface area contributed by atoms with Crippen molar-refractivity contribution in [2.45, 2.75) is 58.6 Å². The van der Waals surface area contributed by atoms with E-state index in [2.05, 4.69) is 19.2 Å². The van der Waals surface area contributed by atoms with E-state index in [1.807, 2.05) is 12.1 Å². The molecule has 1 fully saturated rings. The van der Waals surface area contributed by atoms with Crippen LogP contribution in [0.4, 0.5) is 5.69 Å². The van der Waals surface area contributed by atoms with Gasteiger partial charge in [-0.3, -0.25) is 14.4 Å². The Morgan fingerprint density at radius 3 is 2.83 bits per heavy atom. The van der Waals surface area contributed by atoms with E-state index in [4.69, 9.17) is 9.47 Å². The lowest BCUT2D eigenvalue weighted by Crippen LogP contribution is -2.47. The number of nitrogens with zero attached hydrogens (tertiary/aromatic N) is 1. The number of benzene rings is 1. The summed E-state index contributed by atoms with van der Waals surface area (Å²) < 4.78 is 10.7. The lowest BCUT2D eigenvalue weighted by atomic mass is 9.78. The molecule has 3 rings (SSSR count). The first kappa shape index (κ1) is 21.1. The van der Waals surface area contributed by atoms with Crippen molar-refractivity contribution in [2.75, 3.05) is 18.1 Å². The Labute approximate surface area is 171 Å². The first-order chi connectivity index (χ1) is 13.9. The van der Waals surface area contributed by atoms with Crippen LogP contribution in [0.1, 0.15) is 46.5 Å². The second-order valence-corrected chi connectivity index (χ2v) is 8.07. The lowest BCUT2D eigenvalue weighted by Gasteiger charge is -2.35. The van der Waals surface area contributed by atoms with Crippen molar-refractivity contribution < 1.29 is 23.9 Å². The Bertz CT molecular complexity index is 765. The molecule has 1 aromatic rings. The minimum atomic E-state index is -0.861. The molecule has 1 aliphatic heterocycles. The number of anilines is 1. The Balaban J connectivity index is 1.49. The zero-order valence-corrected chi connectivity index (χ0v) is 17.3. The van der Waals surface area contributed by atoms with E-state index >= 15 is 0 Å². The quantitative estimate of drug-likeness (QED) is 0.740. The van der Waals surface area contributed by atoms with Crippen molar-refractivity contribution in [3.05, 3.63) is 24.3 Å². The van der Waals surface area contributed by atoms with E-state index in [9.17, 15) is 14.4 Å². The molecule has 0 spiro atoms. The molecule has 1 N–H and O–H groups in total. The molecule has 2 aliphatic rings. The van der Waals surface area contributed by atoms with E-state index in [1.165, 1.54) is 11.3 Å². The molecule has 7 nitrogen and oxygen atoms in total. The van der Waals surface area contributed by atoms with Gasteiger partial charge in [-0.25, -0.2) is 0 Å². The van der Waals surface area contributed by atoms with Gasteiger partial charge in [0.05, 0.1) is 12.1 Å². The largest absolute Gasteiger partial charge is 0.482 e. The molecule has 1 heterocycles. The zero-order valence-electron chi connectivity index (χ0n) is 17.3. The van der Waals surface area contributed by atoms with Crippen LogP contribution in [0.15, 0.2) is 24.3 Å². The molecular weight excluding hydrogens is 372 g/mol. The molecule has 1 aromatic carbocycles. The third-order valence-electron chi connectivity index (χ3n) is 6.06. The molecule has 158 valence electrons. The van der Waals surface area contributed by atoms with Crippen molar-refractivity contribution >= 4 is 23.5 Å². The van der Waals surface area contributed by atoms with Gasteiger partial charge in [-0.2, -0.15) is 0 Å². The summed E-state index contributed by atoms with van der Waals surface area (Å²) in [5.41, 5.74) is 0.641. The lowest BCUT2D eigenvalue weighted by molar-refractivity contribution is -0.155. The summed E-state index contributed by atoms with van der Waals surface area (Å²) in [7, 11) is 0. The first-order valence-electron chi connectivity index (χ1n) is 10.4. The summed E-state index contributed by atoms with van der Waals surface area (Å²) in [5.74, 6) is 0.613. The minimum Gasteiger partial charge on any atom is -0.482 e. The fraction of sp³-hybridized carbons (Fsp3) is 0.591. The van der Waals surface area contributed by atoms with Gasteiger partial charge in [0.15, 0.2) is 12.7 Å². The van der Waals surface area contributed by atoms with Crippen LogP contribution in [0.3, 0.4) is 0 Å². The van der Waals surface area contributed by atoms with Crippen molar-refractivity contribution in [3.63, 3.8) is 0 Å². The molecule has 0 saturated heterocycles. The van der Waals surface area contributed by atoms with E-state index < -0.39 is 12.1 Å². The summed E-state index contributed by atoms with van der Waals surface area (Å²) in [5, 5.41) is 3.03. The van der Waals surface area contributed by atoms with E-state index in [0.717, 1.165) is 12.8 Å². The Hall–Kier alpha value is -2.57. The summed E-state index contributed by atoms with van der Waals surface area (Å²) in [6.07, 6.45) is 2.38. The predicted molar refractivity (Wildman–Crippen MR) is 109 cm³/mol. The van der Waals surface area contributed by atoms with Gasteiger partial charge in [0.2, 0.25) is 0 Å². The molecule has 0 radical (unpaired) electrons. The second kappa shape index (κ2) is 9.29. The van der Waals surface area contributed by atoms with Gasteiger partial charge in [0.25, 0.3) is 11.8 Å². The van der Waals surface area contributed by atoms with Crippen LogP contribution in [0.5, 0.6) is 5.75 Å². The van der Waals surface area contributed by atoms with E-state index in [1.54, 1.807) is 19.1 Å². The zero-order chi connectivity index (χ0) is 21.0. The molecule has 2 amide bonds. The number of nitrogens with one attached hydrogen (secondary N) is 1. The Kier molecular flexibility index (Phi) is 6.77. The highest BCUT2D eigenvalue weighted by Gasteiger charge is 2.30. The predicted octanol–water partition coefficient (Wildman–Crippen LogP) is 2.67. The van der Waals surface area contributed by atoms with E-state index in [-0.39, 0.29) is 37.4 Å². The average molecular weight is 402 g/mol. The summed E-state index contributed by atoms with van der Waals surface area (Å²) >= 11 is 0. The average Bonchev–Trinajstić information content (AvgIpc) is 2.70. The maximum absolute atomic E-state index is 12.5. The van der Waals surface area contributed by atoms with Gasteiger partial charge in [-0.1, -0.05) is 38.8 Å². The molecule has 29 heavy (non-hydrogen) atoms. The fourth-order valence-corrected chi connectivity index (χ4v) is 4.00. The third-order valence-corrected chi connectivity index (χ3v) is 6.06. The van der Waals surface area contributed by atoms with E-state index in [0.29, 0.717) is 23.3 Å². The van der Waals surface area contributed by atoms with Gasteiger partial charge in [0, 0.05) is 12.6 Å². The fourth-order valence-electron chi connectivity index (χ4n) is 4.00. The molecule has 4 atom stereocenters. The van der Waals surface area contributed by atoms with Crippen LogP contribution < -0.4 is 15.0 Å². The Morgan fingerprint density at radius 1 is 1.28 bits per heavy atom. The van der Waals surface area contributed by atoms with Crippen LogP contribution >= 0.6 is 0 Å². The van der Waals surface area contributed by atoms with Crippen LogP contribution in [-0.4, -0.2) is 43.1 Å². The van der Waals surface area contributed by atoms with Crippen molar-refractivity contribution in [1.29, 1.82) is 0 Å². The normalized spacial score (nSPS) is 24.9. The SMILES string of the molecule is C[C@@H]1[C@H](C)CCC[C@@H]1NC(=O)[C@@H](C)OC(=O)CCN1C(=O)COc2ccccc21. The smallest absolute Gasteiger partial charge is 0.308 e. The Morgan fingerprint density at radius 2 is 2.03 bits per heavy atom. The summed E-state index contributed by atoms with van der Waals surface area (Å²) in [4.78, 5) is 38.4. The number of carbonyl (C=O) groups is 3. The van der Waals surface area contributed by atoms with Crippen LogP contribution in [0.25, 0.3) is 0 Å². The topological polar surface area (TPSA) is 84.9 Å². The number of hydrogen-bond acceptors (Lipinski definition) is 5. The van der Waals surface area contributed by atoms with Gasteiger partial charge in [-0.05, 0) is 37.3 Å². The molecule has 7 heteroatoms. The summed E-state index contributed by atoms with van der Waals surface area (Å²) in [6, 6.07) is 7.32. The van der Waals surface area contributed by atoms with Gasteiger partial charge in [-0.15, -0.1) is 0 Å². The number of fused-ring (bicyclic) bond motifs is 1. The highest BCUT2D eigenvalue weighted by Crippen LogP contribution is 2.31. The number of esters is 1. The minimum absolute atomic E-state index is 0.00849. The second-order valence-electron chi connectivity index (χ2n) is 8.07. The monoisotopic (exact) mass is 402 g/mol. The number of para-hydroxylation sites is 2. The van der Waals surface area contributed by atoms with Gasteiger partial charge >= 0.3 is 5.97 Å².